The first-order valence-corrected chi connectivity index (χ1v) is 10.6. The van der Waals surface area contributed by atoms with Crippen LogP contribution in [0.3, 0.4) is 0 Å². The Bertz CT molecular complexity index is 1080. The SMILES string of the molecule is CCN1CCCC(CCOc2ncc(-c3nc(C#N)nc4c3ccn4C)cc2C)C1. The van der Waals surface area contributed by atoms with Crippen LogP contribution in [0.4, 0.5) is 0 Å². The molecule has 1 aliphatic rings. The summed E-state index contributed by atoms with van der Waals surface area (Å²) in [5.41, 5.74) is 3.29. The standard InChI is InChI=1S/C23H28N6O/c1-4-29-9-5-6-17(15-29)8-11-30-23-16(2)12-18(14-25-23)21-19-7-10-28(3)22(19)27-20(13-24)26-21/h7,10,12,14,17H,4-6,8-9,11,15H2,1-3H3. The lowest BCUT2D eigenvalue weighted by Crippen LogP contribution is -2.35. The van der Waals surface area contributed by atoms with Crippen LogP contribution in [-0.4, -0.2) is 50.7 Å². The van der Waals surface area contributed by atoms with Crippen LogP contribution in [0.25, 0.3) is 22.3 Å². The summed E-state index contributed by atoms with van der Waals surface area (Å²) in [7, 11) is 1.91. The van der Waals surface area contributed by atoms with Gasteiger partial charge < -0.3 is 14.2 Å². The first-order valence-electron chi connectivity index (χ1n) is 10.6. The summed E-state index contributed by atoms with van der Waals surface area (Å²) in [6, 6.07) is 6.05. The van der Waals surface area contributed by atoms with Crippen LogP contribution >= 0.6 is 0 Å². The molecular formula is C23H28N6O. The third-order valence-electron chi connectivity index (χ3n) is 5.94. The van der Waals surface area contributed by atoms with E-state index < -0.39 is 0 Å². The van der Waals surface area contributed by atoms with Crippen molar-refractivity contribution in [1.82, 2.24) is 24.4 Å². The van der Waals surface area contributed by atoms with Gasteiger partial charge in [-0.1, -0.05) is 6.92 Å². The number of hydrogen-bond donors (Lipinski definition) is 0. The van der Waals surface area contributed by atoms with Gasteiger partial charge in [-0.2, -0.15) is 5.26 Å². The number of hydrogen-bond acceptors (Lipinski definition) is 6. The van der Waals surface area contributed by atoms with E-state index in [1.54, 1.807) is 6.20 Å². The predicted octanol–water partition coefficient (Wildman–Crippen LogP) is 3.71. The highest BCUT2D eigenvalue weighted by atomic mass is 16.5. The van der Waals surface area contributed by atoms with Crippen LogP contribution in [0.5, 0.6) is 5.88 Å². The highest BCUT2D eigenvalue weighted by Crippen LogP contribution is 2.29. The topological polar surface area (TPSA) is 79.9 Å². The van der Waals surface area contributed by atoms with E-state index in [9.17, 15) is 5.26 Å². The largest absolute Gasteiger partial charge is 0.477 e. The van der Waals surface area contributed by atoms with E-state index in [1.165, 1.54) is 25.9 Å². The zero-order valence-corrected chi connectivity index (χ0v) is 17.9. The summed E-state index contributed by atoms with van der Waals surface area (Å²) in [4.78, 5) is 15.8. The van der Waals surface area contributed by atoms with Crippen molar-refractivity contribution in [2.24, 2.45) is 13.0 Å². The van der Waals surface area contributed by atoms with E-state index >= 15 is 0 Å². The smallest absolute Gasteiger partial charge is 0.234 e. The monoisotopic (exact) mass is 404 g/mol. The lowest BCUT2D eigenvalue weighted by Gasteiger charge is -2.31. The Balaban J connectivity index is 1.49. The molecule has 3 aromatic rings. The zero-order chi connectivity index (χ0) is 21.1. The maximum Gasteiger partial charge on any atom is 0.234 e. The minimum atomic E-state index is 0.158. The van der Waals surface area contributed by atoms with Gasteiger partial charge in [0, 0.05) is 42.5 Å². The van der Waals surface area contributed by atoms with Crippen molar-refractivity contribution in [3.05, 3.63) is 35.9 Å². The second-order valence-corrected chi connectivity index (χ2v) is 8.06. The van der Waals surface area contributed by atoms with Gasteiger partial charge in [-0.3, -0.25) is 0 Å². The number of piperidine rings is 1. The van der Waals surface area contributed by atoms with Crippen LogP contribution in [0.1, 0.15) is 37.6 Å². The molecule has 7 nitrogen and oxygen atoms in total. The Morgan fingerprint density at radius 2 is 2.20 bits per heavy atom. The van der Waals surface area contributed by atoms with E-state index in [0.717, 1.165) is 40.8 Å². The normalized spacial score (nSPS) is 17.2. The van der Waals surface area contributed by atoms with Crippen LogP contribution in [0.15, 0.2) is 24.5 Å². The highest BCUT2D eigenvalue weighted by molar-refractivity contribution is 5.91. The van der Waals surface area contributed by atoms with E-state index in [1.807, 2.05) is 36.9 Å². The predicted molar refractivity (Wildman–Crippen MR) is 116 cm³/mol. The average molecular weight is 405 g/mol. The minimum absolute atomic E-state index is 0.158. The van der Waals surface area contributed by atoms with Crippen LogP contribution in [-0.2, 0) is 7.05 Å². The Labute approximate surface area is 177 Å². The van der Waals surface area contributed by atoms with Crippen molar-refractivity contribution >= 4 is 11.0 Å². The molecule has 0 spiro atoms. The Morgan fingerprint density at radius 3 is 2.97 bits per heavy atom. The van der Waals surface area contributed by atoms with Crippen molar-refractivity contribution in [2.75, 3.05) is 26.2 Å². The molecule has 7 heteroatoms. The van der Waals surface area contributed by atoms with E-state index in [0.29, 0.717) is 18.4 Å². The molecule has 0 bridgehead atoms. The fourth-order valence-electron chi connectivity index (χ4n) is 4.25. The minimum Gasteiger partial charge on any atom is -0.477 e. The molecule has 3 aromatic heterocycles. The second-order valence-electron chi connectivity index (χ2n) is 8.06. The number of fused-ring (bicyclic) bond motifs is 1. The third-order valence-corrected chi connectivity index (χ3v) is 5.94. The van der Waals surface area contributed by atoms with Gasteiger partial charge in [0.15, 0.2) is 0 Å². The highest BCUT2D eigenvalue weighted by Gasteiger charge is 2.19. The molecule has 0 aliphatic carbocycles. The lowest BCUT2D eigenvalue weighted by atomic mass is 9.95. The summed E-state index contributed by atoms with van der Waals surface area (Å²) >= 11 is 0. The van der Waals surface area contributed by atoms with Gasteiger partial charge in [-0.25, -0.2) is 15.0 Å². The number of ether oxygens (including phenoxy) is 1. The van der Waals surface area contributed by atoms with Gasteiger partial charge in [-0.05, 0) is 57.3 Å². The maximum atomic E-state index is 9.31. The molecule has 4 heterocycles. The molecule has 156 valence electrons. The quantitative estimate of drug-likeness (QED) is 0.623. The van der Waals surface area contributed by atoms with Crippen LogP contribution < -0.4 is 4.74 Å². The van der Waals surface area contributed by atoms with Crippen molar-refractivity contribution in [2.45, 2.75) is 33.1 Å². The number of pyridine rings is 1. The molecule has 0 saturated carbocycles. The lowest BCUT2D eigenvalue weighted by molar-refractivity contribution is 0.157. The zero-order valence-electron chi connectivity index (χ0n) is 17.9. The van der Waals surface area contributed by atoms with Crippen LogP contribution in [0.2, 0.25) is 0 Å². The molecule has 1 aliphatic heterocycles. The van der Waals surface area contributed by atoms with Crippen LogP contribution in [0, 0.1) is 24.2 Å². The fourth-order valence-corrected chi connectivity index (χ4v) is 4.25. The summed E-state index contributed by atoms with van der Waals surface area (Å²) in [5.74, 6) is 1.53. The number of aryl methyl sites for hydroxylation is 2. The Morgan fingerprint density at radius 1 is 1.33 bits per heavy atom. The fraction of sp³-hybridized carbons (Fsp3) is 0.478. The number of aromatic nitrogens is 4. The molecule has 1 saturated heterocycles. The Hall–Kier alpha value is -2.98. The molecule has 0 amide bonds. The van der Waals surface area contributed by atoms with Crippen molar-refractivity contribution in [3.63, 3.8) is 0 Å². The molecule has 4 rings (SSSR count). The number of nitriles is 1. The number of likely N-dealkylation sites (tertiary alicyclic amines) is 1. The van der Waals surface area contributed by atoms with Gasteiger partial charge in [0.05, 0.1) is 12.3 Å². The molecule has 1 atom stereocenters. The van der Waals surface area contributed by atoms with Gasteiger partial charge in [-0.15, -0.1) is 0 Å². The third kappa shape index (κ3) is 4.14. The first kappa shape index (κ1) is 20.3. The van der Waals surface area contributed by atoms with Crippen molar-refractivity contribution < 1.29 is 4.74 Å². The average Bonchev–Trinajstić information content (AvgIpc) is 3.15. The maximum absolute atomic E-state index is 9.31. The van der Waals surface area contributed by atoms with E-state index in [-0.39, 0.29) is 5.82 Å². The summed E-state index contributed by atoms with van der Waals surface area (Å²) in [5, 5.41) is 10.2. The van der Waals surface area contributed by atoms with Gasteiger partial charge in [0.25, 0.3) is 0 Å². The van der Waals surface area contributed by atoms with E-state index in [2.05, 4.69) is 32.8 Å². The van der Waals surface area contributed by atoms with E-state index in [4.69, 9.17) is 4.74 Å². The summed E-state index contributed by atoms with van der Waals surface area (Å²) < 4.78 is 7.91. The van der Waals surface area contributed by atoms with Gasteiger partial charge >= 0.3 is 0 Å². The molecule has 0 aromatic carbocycles. The molecule has 1 fully saturated rings. The summed E-state index contributed by atoms with van der Waals surface area (Å²) in [6.45, 7) is 8.44. The van der Waals surface area contributed by atoms with Crippen molar-refractivity contribution in [3.8, 4) is 23.2 Å². The molecular weight excluding hydrogens is 376 g/mol. The van der Waals surface area contributed by atoms with Crippen molar-refractivity contribution in [1.29, 1.82) is 5.26 Å². The number of rotatable bonds is 6. The summed E-state index contributed by atoms with van der Waals surface area (Å²) in [6.07, 6.45) is 7.32. The molecule has 0 N–H and O–H groups in total. The number of nitrogens with zero attached hydrogens (tertiary/aromatic N) is 6. The molecule has 30 heavy (non-hydrogen) atoms. The molecule has 1 unspecified atom stereocenters. The second kappa shape index (κ2) is 8.80. The Kier molecular flexibility index (Phi) is 5.96. The van der Waals surface area contributed by atoms with Gasteiger partial charge in [0.2, 0.25) is 11.7 Å². The first-order chi connectivity index (χ1) is 14.6. The molecule has 0 radical (unpaired) electrons. The van der Waals surface area contributed by atoms with Gasteiger partial charge in [0.1, 0.15) is 11.7 Å².